The van der Waals surface area contributed by atoms with Gasteiger partial charge in [0.2, 0.25) is 0 Å². The molecule has 42 heavy (non-hydrogen) atoms. The van der Waals surface area contributed by atoms with Gasteiger partial charge >= 0.3 is 11.7 Å². The van der Waals surface area contributed by atoms with Gasteiger partial charge in [-0.2, -0.15) is 22.1 Å². The number of hydrogen-bond donors (Lipinski definition) is 1. The molecule has 7 nitrogen and oxygen atoms in total. The third kappa shape index (κ3) is 5.34. The summed E-state index contributed by atoms with van der Waals surface area (Å²) in [6.07, 6.45) is 1.26. The summed E-state index contributed by atoms with van der Waals surface area (Å²) < 4.78 is 45.3. The molecule has 13 heteroatoms. The number of pyridine rings is 3. The summed E-state index contributed by atoms with van der Waals surface area (Å²) in [5.74, 6) is -0.496. The van der Waals surface area contributed by atoms with Gasteiger partial charge in [0.15, 0.2) is 10.0 Å². The van der Waals surface area contributed by atoms with E-state index in [1.165, 1.54) is 51.2 Å². The number of alkyl halides is 3. The molecule has 0 atom stereocenters. The van der Waals surface area contributed by atoms with Gasteiger partial charge in [0.25, 0.3) is 11.5 Å². The Balaban J connectivity index is 1.53. The SMILES string of the molecule is O=c1c(-c2cc(-c3ccc(-c4ccc(Cl)nc4)nc3)cc(C(F)(F)F)c2)c(O)[n+](Cc2cnc(Cl)s2)c2ccccn12. The maximum Gasteiger partial charge on any atom is 0.416 e. The largest absolute Gasteiger partial charge is 0.477 e. The van der Waals surface area contributed by atoms with Crippen molar-refractivity contribution < 1.29 is 22.8 Å². The van der Waals surface area contributed by atoms with Crippen LogP contribution >= 0.6 is 34.5 Å². The van der Waals surface area contributed by atoms with Crippen molar-refractivity contribution in [2.45, 2.75) is 12.7 Å². The minimum Gasteiger partial charge on any atom is -0.477 e. The van der Waals surface area contributed by atoms with E-state index in [1.807, 2.05) is 0 Å². The van der Waals surface area contributed by atoms with E-state index in [0.717, 1.165) is 12.1 Å². The van der Waals surface area contributed by atoms with Crippen LogP contribution in [-0.2, 0) is 12.7 Å². The fourth-order valence-electron chi connectivity index (χ4n) is 4.57. The molecule has 0 fully saturated rings. The van der Waals surface area contributed by atoms with Crippen LogP contribution < -0.4 is 10.1 Å². The zero-order valence-electron chi connectivity index (χ0n) is 21.2. The minimum atomic E-state index is -4.73. The topological polar surface area (TPSA) is 84.3 Å². The second kappa shape index (κ2) is 10.8. The fourth-order valence-corrected chi connectivity index (χ4v) is 5.65. The molecule has 0 aliphatic rings. The predicted molar refractivity (Wildman–Crippen MR) is 154 cm³/mol. The third-order valence-electron chi connectivity index (χ3n) is 6.54. The van der Waals surface area contributed by atoms with E-state index in [-0.39, 0.29) is 27.7 Å². The van der Waals surface area contributed by atoms with Crippen molar-refractivity contribution in [1.82, 2.24) is 19.4 Å². The maximum atomic E-state index is 14.1. The lowest BCUT2D eigenvalue weighted by atomic mass is 9.97. The van der Waals surface area contributed by atoms with Crippen LogP contribution in [0.25, 0.3) is 39.2 Å². The smallest absolute Gasteiger partial charge is 0.416 e. The van der Waals surface area contributed by atoms with Gasteiger partial charge in [-0.25, -0.2) is 14.8 Å². The first kappa shape index (κ1) is 27.8. The van der Waals surface area contributed by atoms with Crippen molar-refractivity contribution in [2.24, 2.45) is 0 Å². The molecular formula is C29H17Cl2F3N5O2S+. The lowest BCUT2D eigenvalue weighted by molar-refractivity contribution is -0.671. The second-order valence-electron chi connectivity index (χ2n) is 9.20. The normalized spacial score (nSPS) is 11.7. The first-order valence-corrected chi connectivity index (χ1v) is 13.8. The molecule has 5 aromatic heterocycles. The zero-order chi connectivity index (χ0) is 29.6. The molecule has 1 N–H and O–H groups in total. The van der Waals surface area contributed by atoms with Crippen molar-refractivity contribution in [3.8, 4) is 39.4 Å². The maximum absolute atomic E-state index is 14.1. The molecule has 0 spiro atoms. The number of rotatable bonds is 5. The predicted octanol–water partition coefficient (Wildman–Crippen LogP) is 6.91. The van der Waals surface area contributed by atoms with E-state index >= 15 is 0 Å². The average molecular weight is 627 g/mol. The Kier molecular flexibility index (Phi) is 7.17. The van der Waals surface area contributed by atoms with Crippen molar-refractivity contribution in [2.75, 3.05) is 0 Å². The van der Waals surface area contributed by atoms with Crippen LogP contribution in [-0.4, -0.2) is 24.5 Å². The number of nitrogens with zero attached hydrogens (tertiary/aromatic N) is 5. The van der Waals surface area contributed by atoms with Crippen LogP contribution in [0.2, 0.25) is 9.62 Å². The van der Waals surface area contributed by atoms with Crippen molar-refractivity contribution in [1.29, 1.82) is 0 Å². The van der Waals surface area contributed by atoms with E-state index in [4.69, 9.17) is 23.2 Å². The summed E-state index contributed by atoms with van der Waals surface area (Å²) in [4.78, 5) is 26.7. The number of benzene rings is 1. The summed E-state index contributed by atoms with van der Waals surface area (Å²) in [6, 6.07) is 14.8. The molecule has 5 heterocycles. The summed E-state index contributed by atoms with van der Waals surface area (Å²) in [5, 5.41) is 11.7. The van der Waals surface area contributed by atoms with Gasteiger partial charge in [-0.15, -0.1) is 11.3 Å². The summed E-state index contributed by atoms with van der Waals surface area (Å²) in [6.45, 7) is 0.0772. The Labute approximate surface area is 249 Å². The number of hydrogen-bond acceptors (Lipinski definition) is 6. The van der Waals surface area contributed by atoms with E-state index in [2.05, 4.69) is 15.0 Å². The van der Waals surface area contributed by atoms with Crippen LogP contribution in [0.5, 0.6) is 5.88 Å². The van der Waals surface area contributed by atoms with Gasteiger partial charge in [-0.05, 0) is 53.6 Å². The Hall–Kier alpha value is -4.32. The molecule has 0 aliphatic heterocycles. The highest BCUT2D eigenvalue weighted by molar-refractivity contribution is 7.15. The first-order valence-electron chi connectivity index (χ1n) is 12.3. The molecule has 6 aromatic rings. The molecule has 210 valence electrons. The lowest BCUT2D eigenvalue weighted by Crippen LogP contribution is -2.41. The standard InChI is InChI=1S/C29H16Cl2F3N5O2S/c30-23-7-5-17(13-36-23)22-6-4-16(12-35-22)18-9-19(11-20(10-18)29(32,33)34)25-26(40)38-8-2-1-3-24(38)39(27(25)41)15-21-14-37-28(31)42-21/h1-14H,15H2/p+1. The molecule has 1 aromatic carbocycles. The molecule has 0 aliphatic carbocycles. The Morgan fingerprint density at radius 1 is 0.881 bits per heavy atom. The number of halogens is 5. The zero-order valence-corrected chi connectivity index (χ0v) is 23.5. The number of fused-ring (bicyclic) bond motifs is 1. The Morgan fingerprint density at radius 2 is 1.64 bits per heavy atom. The van der Waals surface area contributed by atoms with E-state index in [1.54, 1.807) is 42.5 Å². The average Bonchev–Trinajstić information content (AvgIpc) is 3.40. The third-order valence-corrected chi connectivity index (χ3v) is 7.86. The fraction of sp³-hybridized carbons (Fsp3) is 0.0690. The van der Waals surface area contributed by atoms with Gasteiger partial charge in [-0.1, -0.05) is 35.3 Å². The van der Waals surface area contributed by atoms with Gasteiger partial charge in [0.1, 0.15) is 11.7 Å². The molecule has 0 saturated heterocycles. The number of aromatic nitrogens is 5. The quantitative estimate of drug-likeness (QED) is 0.166. The highest BCUT2D eigenvalue weighted by atomic mass is 35.5. The summed E-state index contributed by atoms with van der Waals surface area (Å²) in [7, 11) is 0. The van der Waals surface area contributed by atoms with Gasteiger partial charge in [0.05, 0.1) is 22.3 Å². The molecule has 0 radical (unpaired) electrons. The molecule has 0 bridgehead atoms. The highest BCUT2D eigenvalue weighted by Gasteiger charge is 2.33. The molecule has 0 unspecified atom stereocenters. The number of thiazole rings is 1. The molecule has 0 amide bonds. The van der Waals surface area contributed by atoms with Gasteiger partial charge < -0.3 is 5.11 Å². The van der Waals surface area contributed by atoms with Crippen molar-refractivity contribution in [3.05, 3.63) is 116 Å². The van der Waals surface area contributed by atoms with Crippen LogP contribution in [0.1, 0.15) is 10.4 Å². The Bertz CT molecular complexity index is 2010. The van der Waals surface area contributed by atoms with E-state index < -0.39 is 23.2 Å². The summed E-state index contributed by atoms with van der Waals surface area (Å²) in [5.41, 5.74) is 0.0141. The van der Waals surface area contributed by atoms with Crippen molar-refractivity contribution in [3.63, 3.8) is 0 Å². The van der Waals surface area contributed by atoms with Crippen LogP contribution in [0.4, 0.5) is 13.2 Å². The first-order chi connectivity index (χ1) is 20.1. The Morgan fingerprint density at radius 3 is 2.31 bits per heavy atom. The monoisotopic (exact) mass is 626 g/mol. The van der Waals surface area contributed by atoms with Crippen LogP contribution in [0.3, 0.4) is 0 Å². The van der Waals surface area contributed by atoms with Gasteiger partial charge in [-0.3, -0.25) is 4.98 Å². The highest BCUT2D eigenvalue weighted by Crippen LogP contribution is 2.37. The lowest BCUT2D eigenvalue weighted by Gasteiger charge is -2.14. The summed E-state index contributed by atoms with van der Waals surface area (Å²) >= 11 is 13.0. The van der Waals surface area contributed by atoms with E-state index in [9.17, 15) is 23.1 Å². The molecule has 0 saturated carbocycles. The number of aromatic hydroxyl groups is 1. The van der Waals surface area contributed by atoms with Crippen molar-refractivity contribution >= 4 is 40.2 Å². The van der Waals surface area contributed by atoms with Crippen LogP contribution in [0, 0.1) is 0 Å². The van der Waals surface area contributed by atoms with Crippen LogP contribution in [0.15, 0.2) is 90.2 Å². The van der Waals surface area contributed by atoms with Gasteiger partial charge in [0, 0.05) is 35.8 Å². The minimum absolute atomic E-state index is 0.0772. The second-order valence-corrected chi connectivity index (χ2v) is 11.3. The van der Waals surface area contributed by atoms with E-state index in [0.29, 0.717) is 32.5 Å². The molecular weight excluding hydrogens is 610 g/mol. The molecule has 6 rings (SSSR count).